The molecule has 1 atom stereocenters. The molecule has 232 valence electrons. The molecule has 0 fully saturated rings. The molecule has 1 N–H and O–H groups in total. The van der Waals surface area contributed by atoms with Crippen molar-refractivity contribution in [3.05, 3.63) is 99.5 Å². The number of nitrogens with zero attached hydrogens (tertiary/aromatic N) is 2. The molecule has 45 heavy (non-hydrogen) atoms. The largest absolute Gasteiger partial charge is 0.493 e. The Bertz CT molecular complexity index is 2170. The maximum atomic E-state index is 13.4. The Morgan fingerprint density at radius 3 is 2.60 bits per heavy atom. The predicted octanol–water partition coefficient (Wildman–Crippen LogP) is 5.85. The number of benzene rings is 3. The quantitative estimate of drug-likeness (QED) is 0.239. The van der Waals surface area contributed by atoms with E-state index in [0.717, 1.165) is 17.2 Å². The second-order valence-corrected chi connectivity index (χ2v) is 14.5. The molecular weight excluding hydrogens is 592 g/mol. The van der Waals surface area contributed by atoms with Gasteiger partial charge >= 0.3 is 5.97 Å². The van der Waals surface area contributed by atoms with Gasteiger partial charge in [-0.25, -0.2) is 13.2 Å². The summed E-state index contributed by atoms with van der Waals surface area (Å²) >= 11 is 0. The lowest BCUT2D eigenvalue weighted by molar-refractivity contribution is -0.160. The molecule has 10 heteroatoms. The van der Waals surface area contributed by atoms with Crippen LogP contribution in [0.15, 0.2) is 76.6 Å². The van der Waals surface area contributed by atoms with Gasteiger partial charge in [-0.2, -0.15) is 0 Å². The van der Waals surface area contributed by atoms with Gasteiger partial charge in [0.15, 0.2) is 15.9 Å². The molecule has 0 bridgehead atoms. The zero-order chi connectivity index (χ0) is 32.3. The van der Waals surface area contributed by atoms with Gasteiger partial charge in [-0.15, -0.1) is 0 Å². The monoisotopic (exact) mass is 626 g/mol. The van der Waals surface area contributed by atoms with Crippen LogP contribution in [0.25, 0.3) is 32.9 Å². The van der Waals surface area contributed by atoms with Gasteiger partial charge < -0.3 is 19.1 Å². The maximum Gasteiger partial charge on any atom is 0.337 e. The first-order chi connectivity index (χ1) is 21.2. The number of hydrogen-bond donors (Lipinski definition) is 1. The number of rotatable bonds is 7. The van der Waals surface area contributed by atoms with E-state index in [1.165, 1.54) is 12.1 Å². The highest BCUT2D eigenvalue weighted by molar-refractivity contribution is 7.90. The van der Waals surface area contributed by atoms with Gasteiger partial charge in [0, 0.05) is 46.8 Å². The highest BCUT2D eigenvalue weighted by Crippen LogP contribution is 2.45. The smallest absolute Gasteiger partial charge is 0.337 e. The first-order valence-electron chi connectivity index (χ1n) is 14.6. The van der Waals surface area contributed by atoms with Gasteiger partial charge in [-0.1, -0.05) is 12.1 Å². The molecule has 9 nitrogen and oxygen atoms in total. The summed E-state index contributed by atoms with van der Waals surface area (Å²) in [6, 6.07) is 17.2. The van der Waals surface area contributed by atoms with Crippen molar-refractivity contribution >= 4 is 37.6 Å². The summed E-state index contributed by atoms with van der Waals surface area (Å²) in [5, 5.41) is 12.0. The van der Waals surface area contributed by atoms with Gasteiger partial charge in [-0.05, 0) is 92.4 Å². The second kappa shape index (κ2) is 11.1. The van der Waals surface area contributed by atoms with Crippen LogP contribution in [0.1, 0.15) is 49.1 Å². The van der Waals surface area contributed by atoms with Gasteiger partial charge in [0.05, 0.1) is 34.7 Å². The highest BCUT2D eigenvalue weighted by atomic mass is 32.2. The Kier molecular flexibility index (Phi) is 7.53. The van der Waals surface area contributed by atoms with Crippen LogP contribution in [0, 0.1) is 6.92 Å². The van der Waals surface area contributed by atoms with Crippen LogP contribution < -0.4 is 10.3 Å². The summed E-state index contributed by atoms with van der Waals surface area (Å²) < 4.78 is 38.3. The number of carboxylic acids is 1. The fourth-order valence-corrected chi connectivity index (χ4v) is 6.82. The molecule has 1 aliphatic heterocycles. The summed E-state index contributed by atoms with van der Waals surface area (Å²) in [5.74, 6) is -0.427. The number of fused-ring (bicyclic) bond motifs is 1. The number of aliphatic carboxylic acids is 1. The zero-order valence-electron chi connectivity index (χ0n) is 25.7. The third kappa shape index (κ3) is 5.71. The van der Waals surface area contributed by atoms with E-state index in [9.17, 15) is 23.1 Å². The summed E-state index contributed by atoms with van der Waals surface area (Å²) in [7, 11) is -3.46. The van der Waals surface area contributed by atoms with Crippen molar-refractivity contribution in [2.75, 3.05) is 12.9 Å². The van der Waals surface area contributed by atoms with E-state index in [4.69, 9.17) is 14.5 Å². The first kappa shape index (κ1) is 30.5. The lowest BCUT2D eigenvalue weighted by Crippen LogP contribution is -2.28. The lowest BCUT2D eigenvalue weighted by Gasteiger charge is -2.29. The van der Waals surface area contributed by atoms with Crippen molar-refractivity contribution in [2.24, 2.45) is 0 Å². The minimum Gasteiger partial charge on any atom is -0.493 e. The summed E-state index contributed by atoms with van der Waals surface area (Å²) in [6.07, 6.45) is 2.29. The van der Waals surface area contributed by atoms with Gasteiger partial charge in [0.2, 0.25) is 0 Å². The van der Waals surface area contributed by atoms with Crippen LogP contribution in [0.3, 0.4) is 0 Å². The third-order valence-corrected chi connectivity index (χ3v) is 9.12. The van der Waals surface area contributed by atoms with E-state index in [1.807, 2.05) is 45.9 Å². The normalized spacial score (nSPS) is 14.0. The van der Waals surface area contributed by atoms with Crippen LogP contribution in [-0.2, 0) is 32.3 Å². The molecule has 1 unspecified atom stereocenters. The molecule has 6 rings (SSSR count). The Hall–Kier alpha value is -4.54. The van der Waals surface area contributed by atoms with E-state index >= 15 is 0 Å². The van der Waals surface area contributed by atoms with Crippen molar-refractivity contribution in [3.63, 3.8) is 0 Å². The second-order valence-electron chi connectivity index (χ2n) is 12.4. The number of sulfone groups is 1. The van der Waals surface area contributed by atoms with E-state index < -0.39 is 27.5 Å². The van der Waals surface area contributed by atoms with Crippen LogP contribution in [0.2, 0.25) is 0 Å². The molecule has 1 aliphatic rings. The van der Waals surface area contributed by atoms with Crippen LogP contribution in [0.5, 0.6) is 5.75 Å². The van der Waals surface area contributed by atoms with Gasteiger partial charge in [0.1, 0.15) is 5.75 Å². The molecule has 0 amide bonds. The molecule has 3 heterocycles. The van der Waals surface area contributed by atoms with Crippen molar-refractivity contribution in [1.82, 2.24) is 9.55 Å². The van der Waals surface area contributed by atoms with E-state index in [0.29, 0.717) is 63.0 Å². The highest BCUT2D eigenvalue weighted by Gasteiger charge is 2.33. The fourth-order valence-electron chi connectivity index (χ4n) is 6.12. The Labute approximate surface area is 261 Å². The average molecular weight is 627 g/mol. The molecule has 0 radical (unpaired) electrons. The number of hydrogen-bond acceptors (Lipinski definition) is 7. The van der Waals surface area contributed by atoms with Crippen molar-refractivity contribution < 1.29 is 27.8 Å². The Morgan fingerprint density at radius 1 is 1.11 bits per heavy atom. The van der Waals surface area contributed by atoms with Crippen LogP contribution in [0.4, 0.5) is 0 Å². The topological polar surface area (TPSA) is 125 Å². The standard InChI is InChI=1S/C35H34N2O7S/c1-20-17-26-24(10-12-28(38)37(26)19-21-7-6-8-23(18-21)45(5,41)42)31(29(20)33(34(39)40)44-35(2,3)4)25-9-11-27-30-22(14-16-43-27)13-15-36-32(25)30/h6-13,15,17-18,33H,14,16,19H2,1-5H3,(H,39,40). The molecule has 2 aromatic heterocycles. The predicted molar refractivity (Wildman–Crippen MR) is 173 cm³/mol. The van der Waals surface area contributed by atoms with E-state index in [1.54, 1.807) is 41.1 Å². The number of aryl methyl sites for hydroxylation is 1. The zero-order valence-corrected chi connectivity index (χ0v) is 26.6. The first-order valence-corrected chi connectivity index (χ1v) is 16.5. The molecule has 0 saturated carbocycles. The fraction of sp³-hybridized carbons (Fsp3) is 0.286. The van der Waals surface area contributed by atoms with Gasteiger partial charge in [0.25, 0.3) is 5.56 Å². The SMILES string of the molecule is Cc1cc2c(ccc(=O)n2Cc2cccc(S(C)(=O)=O)c2)c(-c2ccc3c4c(ccnc24)CCO3)c1C(OC(C)(C)C)C(=O)O. The van der Waals surface area contributed by atoms with E-state index in [-0.39, 0.29) is 17.0 Å². The minimum absolute atomic E-state index is 0.106. The number of ether oxygens (including phenoxy) is 2. The number of pyridine rings is 2. The van der Waals surface area contributed by atoms with Crippen LogP contribution >= 0.6 is 0 Å². The maximum absolute atomic E-state index is 13.4. The number of aromatic nitrogens is 2. The molecule has 0 spiro atoms. The van der Waals surface area contributed by atoms with Crippen molar-refractivity contribution in [3.8, 4) is 16.9 Å². The van der Waals surface area contributed by atoms with Crippen molar-refractivity contribution in [1.29, 1.82) is 0 Å². The molecule has 0 aliphatic carbocycles. The Balaban J connectivity index is 1.70. The van der Waals surface area contributed by atoms with Crippen LogP contribution in [-0.4, -0.2) is 47.5 Å². The molecule has 5 aromatic rings. The number of carbonyl (C=O) groups is 1. The lowest BCUT2D eigenvalue weighted by atomic mass is 9.86. The molecular formula is C35H34N2O7S. The summed E-state index contributed by atoms with van der Waals surface area (Å²) in [5.41, 5.74) is 4.27. The summed E-state index contributed by atoms with van der Waals surface area (Å²) in [6.45, 7) is 7.90. The minimum atomic E-state index is -3.46. The molecule has 3 aromatic carbocycles. The Morgan fingerprint density at radius 2 is 1.89 bits per heavy atom. The van der Waals surface area contributed by atoms with E-state index in [2.05, 4.69) is 0 Å². The third-order valence-electron chi connectivity index (χ3n) is 8.01. The molecule has 0 saturated heterocycles. The summed E-state index contributed by atoms with van der Waals surface area (Å²) in [4.78, 5) is 31.2. The number of carboxylic acid groups (broad SMARTS) is 1. The average Bonchev–Trinajstić information content (AvgIpc) is 2.97. The van der Waals surface area contributed by atoms with Crippen molar-refractivity contribution in [2.45, 2.75) is 57.3 Å². The van der Waals surface area contributed by atoms with Gasteiger partial charge in [-0.3, -0.25) is 9.78 Å².